The molecule has 0 saturated carbocycles. The monoisotopic (exact) mass is 255 g/mol. The molecule has 2 N–H and O–H groups in total. The van der Waals surface area contributed by atoms with Crippen molar-refractivity contribution in [3.05, 3.63) is 35.6 Å². The molecule has 6 heteroatoms. The number of quaternary nitrogens is 1. The Morgan fingerprint density at radius 1 is 1.44 bits per heavy atom. The van der Waals surface area contributed by atoms with E-state index < -0.39 is 12.0 Å². The van der Waals surface area contributed by atoms with Crippen molar-refractivity contribution in [2.24, 2.45) is 0 Å². The number of benzene rings is 1. The fourth-order valence-corrected chi connectivity index (χ4v) is 1.54. The predicted octanol–water partition coefficient (Wildman–Crippen LogP) is -0.277. The number of rotatable bonds is 4. The van der Waals surface area contributed by atoms with Crippen LogP contribution in [0.3, 0.4) is 0 Å². The van der Waals surface area contributed by atoms with E-state index in [4.69, 9.17) is 0 Å². The smallest absolute Gasteiger partial charge is 0.413 e. The lowest BCUT2D eigenvalue weighted by Crippen LogP contribution is -3.08. The summed E-state index contributed by atoms with van der Waals surface area (Å²) >= 11 is 0. The Labute approximate surface area is 105 Å². The first kappa shape index (κ1) is 14.1. The number of nitrogens with one attached hydrogen (secondary N) is 2. The molecule has 18 heavy (non-hydrogen) atoms. The molecule has 1 rings (SSSR count). The molecule has 0 aliphatic rings. The number of imide groups is 1. The third kappa shape index (κ3) is 4.92. The Balaban J connectivity index is 2.44. The molecular formula is C12H16FN2O3+. The molecule has 1 aromatic rings. The quantitative estimate of drug-likeness (QED) is 0.778. The van der Waals surface area contributed by atoms with E-state index in [9.17, 15) is 14.0 Å². The van der Waals surface area contributed by atoms with E-state index >= 15 is 0 Å². The summed E-state index contributed by atoms with van der Waals surface area (Å²) in [5.41, 5.74) is 0.790. The third-order valence-electron chi connectivity index (χ3n) is 2.28. The molecule has 0 spiro atoms. The molecule has 1 atom stereocenters. The van der Waals surface area contributed by atoms with Gasteiger partial charge in [0.05, 0.1) is 14.2 Å². The maximum atomic E-state index is 12.9. The van der Waals surface area contributed by atoms with Gasteiger partial charge in [-0.3, -0.25) is 10.1 Å². The topological polar surface area (TPSA) is 59.8 Å². The molecule has 0 aliphatic carbocycles. The molecule has 98 valence electrons. The van der Waals surface area contributed by atoms with Crippen LogP contribution in [-0.4, -0.2) is 32.7 Å². The van der Waals surface area contributed by atoms with Crippen LogP contribution in [0.2, 0.25) is 0 Å². The van der Waals surface area contributed by atoms with Crippen LogP contribution in [0.15, 0.2) is 24.3 Å². The van der Waals surface area contributed by atoms with Crippen LogP contribution in [0.25, 0.3) is 0 Å². The summed E-state index contributed by atoms with van der Waals surface area (Å²) < 4.78 is 17.3. The lowest BCUT2D eigenvalue weighted by molar-refractivity contribution is -0.885. The van der Waals surface area contributed by atoms with Gasteiger partial charge in [-0.2, -0.15) is 0 Å². The molecule has 2 amide bonds. The standard InChI is InChI=1S/C12H15FN2O3/c1-15(8-11(16)14-12(17)18-2)7-9-4-3-5-10(13)6-9/h3-6H,7-8H2,1-2H3,(H,14,16,17)/p+1. The van der Waals surface area contributed by atoms with E-state index in [1.807, 2.05) is 0 Å². The number of halogens is 1. The number of amides is 2. The summed E-state index contributed by atoms with van der Waals surface area (Å²) in [7, 11) is 2.97. The minimum Gasteiger partial charge on any atom is -0.453 e. The van der Waals surface area contributed by atoms with Crippen molar-refractivity contribution in [1.82, 2.24) is 5.32 Å². The second-order valence-electron chi connectivity index (χ2n) is 3.98. The van der Waals surface area contributed by atoms with Gasteiger partial charge in [-0.15, -0.1) is 0 Å². The van der Waals surface area contributed by atoms with Gasteiger partial charge in [0.1, 0.15) is 12.4 Å². The van der Waals surface area contributed by atoms with Gasteiger partial charge in [-0.05, 0) is 12.1 Å². The van der Waals surface area contributed by atoms with Crippen molar-refractivity contribution in [1.29, 1.82) is 0 Å². The highest BCUT2D eigenvalue weighted by Crippen LogP contribution is 2.01. The summed E-state index contributed by atoms with van der Waals surface area (Å²) in [5, 5.41) is 2.06. The van der Waals surface area contributed by atoms with E-state index in [1.165, 1.54) is 19.2 Å². The zero-order valence-electron chi connectivity index (χ0n) is 10.3. The summed E-state index contributed by atoms with van der Waals surface area (Å²) in [4.78, 5) is 23.0. The lowest BCUT2D eigenvalue weighted by Gasteiger charge is -2.13. The zero-order chi connectivity index (χ0) is 13.5. The Bertz CT molecular complexity index is 437. The van der Waals surface area contributed by atoms with E-state index in [2.05, 4.69) is 10.1 Å². The average molecular weight is 255 g/mol. The van der Waals surface area contributed by atoms with E-state index in [1.54, 1.807) is 19.2 Å². The van der Waals surface area contributed by atoms with Crippen LogP contribution in [0.4, 0.5) is 9.18 Å². The minimum absolute atomic E-state index is 0.103. The Hall–Kier alpha value is -1.95. The molecule has 1 unspecified atom stereocenters. The maximum Gasteiger partial charge on any atom is 0.413 e. The number of hydrogen-bond acceptors (Lipinski definition) is 3. The van der Waals surface area contributed by atoms with Crippen LogP contribution in [0, 0.1) is 5.82 Å². The average Bonchev–Trinajstić information content (AvgIpc) is 2.28. The van der Waals surface area contributed by atoms with Crippen LogP contribution in [0.1, 0.15) is 5.56 Å². The van der Waals surface area contributed by atoms with Gasteiger partial charge < -0.3 is 9.64 Å². The highest BCUT2D eigenvalue weighted by molar-refractivity contribution is 5.92. The number of ether oxygens (including phenoxy) is 1. The SMILES string of the molecule is COC(=O)NC(=O)C[NH+](C)Cc1cccc(F)c1. The lowest BCUT2D eigenvalue weighted by atomic mass is 10.2. The summed E-state index contributed by atoms with van der Waals surface area (Å²) in [6.07, 6.45) is -0.779. The molecule has 0 aromatic heterocycles. The van der Waals surface area contributed by atoms with Crippen LogP contribution in [-0.2, 0) is 16.1 Å². The first-order valence-electron chi connectivity index (χ1n) is 5.45. The Morgan fingerprint density at radius 2 is 2.17 bits per heavy atom. The first-order valence-corrected chi connectivity index (χ1v) is 5.45. The number of alkyl carbamates (subject to hydrolysis) is 1. The van der Waals surface area contributed by atoms with Crippen molar-refractivity contribution in [3.8, 4) is 0 Å². The van der Waals surface area contributed by atoms with Crippen LogP contribution < -0.4 is 10.2 Å². The largest absolute Gasteiger partial charge is 0.453 e. The molecule has 0 aliphatic heterocycles. The van der Waals surface area contributed by atoms with Crippen molar-refractivity contribution in [2.45, 2.75) is 6.54 Å². The van der Waals surface area contributed by atoms with Gasteiger partial charge in [-0.1, -0.05) is 12.1 Å². The number of hydrogen-bond donors (Lipinski definition) is 2. The molecule has 5 nitrogen and oxygen atoms in total. The highest BCUT2D eigenvalue weighted by atomic mass is 19.1. The second-order valence-corrected chi connectivity index (χ2v) is 3.98. The molecule has 0 saturated heterocycles. The van der Waals surface area contributed by atoms with Gasteiger partial charge in [0, 0.05) is 5.56 Å². The van der Waals surface area contributed by atoms with Crippen molar-refractivity contribution < 1.29 is 23.6 Å². The molecule has 0 bridgehead atoms. The second kappa shape index (κ2) is 6.70. The van der Waals surface area contributed by atoms with E-state index in [0.29, 0.717) is 6.54 Å². The molecule has 0 radical (unpaired) electrons. The molecular weight excluding hydrogens is 239 g/mol. The Kier molecular flexibility index (Phi) is 5.26. The fraction of sp³-hybridized carbons (Fsp3) is 0.333. The number of likely N-dealkylation sites (N-methyl/N-ethyl adjacent to an activating group) is 1. The third-order valence-corrected chi connectivity index (χ3v) is 2.28. The van der Waals surface area contributed by atoms with Crippen LogP contribution in [0.5, 0.6) is 0 Å². The normalized spacial score (nSPS) is 11.7. The highest BCUT2D eigenvalue weighted by Gasteiger charge is 2.13. The summed E-state index contributed by atoms with van der Waals surface area (Å²) in [6, 6.07) is 6.18. The molecule has 0 heterocycles. The predicted molar refractivity (Wildman–Crippen MR) is 62.4 cm³/mol. The van der Waals surface area contributed by atoms with Crippen molar-refractivity contribution in [3.63, 3.8) is 0 Å². The van der Waals surface area contributed by atoms with Crippen molar-refractivity contribution in [2.75, 3.05) is 20.7 Å². The number of carbonyl (C=O) groups is 2. The maximum absolute atomic E-state index is 12.9. The van der Waals surface area contributed by atoms with Crippen molar-refractivity contribution >= 4 is 12.0 Å². The first-order chi connectivity index (χ1) is 8.51. The summed E-state index contributed by atoms with van der Waals surface area (Å²) in [6.45, 7) is 0.595. The zero-order valence-corrected chi connectivity index (χ0v) is 10.3. The van der Waals surface area contributed by atoms with Gasteiger partial charge in [0.15, 0.2) is 6.54 Å². The minimum atomic E-state index is -0.779. The van der Waals surface area contributed by atoms with Gasteiger partial charge >= 0.3 is 6.09 Å². The van der Waals surface area contributed by atoms with Crippen LogP contribution >= 0.6 is 0 Å². The van der Waals surface area contributed by atoms with Gasteiger partial charge in [0.25, 0.3) is 5.91 Å². The Morgan fingerprint density at radius 3 is 2.78 bits per heavy atom. The van der Waals surface area contributed by atoms with E-state index in [0.717, 1.165) is 10.5 Å². The number of methoxy groups -OCH3 is 1. The number of carbonyl (C=O) groups excluding carboxylic acids is 2. The fourth-order valence-electron chi connectivity index (χ4n) is 1.54. The van der Waals surface area contributed by atoms with Gasteiger partial charge in [-0.25, -0.2) is 9.18 Å². The van der Waals surface area contributed by atoms with E-state index in [-0.39, 0.29) is 12.4 Å². The van der Waals surface area contributed by atoms with Gasteiger partial charge in [0.2, 0.25) is 0 Å². The molecule has 0 fully saturated rings. The summed E-state index contributed by atoms with van der Waals surface area (Å²) in [5.74, 6) is -0.741. The molecule has 1 aromatic carbocycles.